The van der Waals surface area contributed by atoms with Gasteiger partial charge in [0.15, 0.2) is 6.29 Å². The van der Waals surface area contributed by atoms with E-state index in [0.717, 1.165) is 16.7 Å². The van der Waals surface area contributed by atoms with Gasteiger partial charge >= 0.3 is 5.97 Å². The van der Waals surface area contributed by atoms with Gasteiger partial charge in [-0.1, -0.05) is 45.9 Å². The summed E-state index contributed by atoms with van der Waals surface area (Å²) >= 11 is 0. The van der Waals surface area contributed by atoms with Crippen molar-refractivity contribution in [1.29, 1.82) is 0 Å². The van der Waals surface area contributed by atoms with Crippen LogP contribution in [0.2, 0.25) is 0 Å². The van der Waals surface area contributed by atoms with Crippen LogP contribution in [0.25, 0.3) is 10.9 Å². The lowest BCUT2D eigenvalue weighted by Gasteiger charge is -2.51. The smallest absolute Gasteiger partial charge is 0.309 e. The lowest BCUT2D eigenvalue weighted by Crippen LogP contribution is -2.62. The average molecular weight is 956 g/mol. The van der Waals surface area contributed by atoms with Gasteiger partial charge < -0.3 is 54.0 Å². The molecule has 0 aliphatic carbocycles. The third-order valence-corrected chi connectivity index (χ3v) is 15.3. The quantitative estimate of drug-likeness (QED) is 0.162. The van der Waals surface area contributed by atoms with Crippen LogP contribution in [0.15, 0.2) is 42.7 Å². The first-order chi connectivity index (χ1) is 31.9. The van der Waals surface area contributed by atoms with Crippen LogP contribution in [-0.2, 0) is 46.4 Å². The number of Topliss-reactive ketones (excluding diaryl/α,β-unsaturated/α-hetero) is 1. The number of carbonyl (C=O) groups is 2. The molecule has 0 radical (unpaired) electrons. The first-order valence-electron chi connectivity index (χ1n) is 24.2. The number of likely N-dealkylation sites (N-methyl/N-ethyl adjacent to an activating group) is 1. The second kappa shape index (κ2) is 21.7. The van der Waals surface area contributed by atoms with E-state index in [-0.39, 0.29) is 19.3 Å². The summed E-state index contributed by atoms with van der Waals surface area (Å²) in [6, 6.07) is 9.07. The average Bonchev–Trinajstić information content (AvgIpc) is 3.74. The number of aliphatic hydroxyl groups excluding tert-OH is 3. The fraction of sp³-hybridized carbons (Fsp3) is 0.740. The van der Waals surface area contributed by atoms with Gasteiger partial charge in [-0.2, -0.15) is 0 Å². The maximum absolute atomic E-state index is 14.5. The molecule has 6 rings (SSSR count). The second-order valence-corrected chi connectivity index (χ2v) is 20.7. The number of fused-ring (bicyclic) bond motifs is 1. The molecule has 0 spiro atoms. The Kier molecular flexibility index (Phi) is 17.2. The van der Waals surface area contributed by atoms with Crippen LogP contribution in [0.5, 0.6) is 5.75 Å². The van der Waals surface area contributed by atoms with Gasteiger partial charge in [0.25, 0.3) is 0 Å². The lowest BCUT2D eigenvalue weighted by atomic mass is 9.67. The molecule has 68 heavy (non-hydrogen) atoms. The van der Waals surface area contributed by atoms with E-state index >= 15 is 0 Å². The first kappa shape index (κ1) is 53.7. The molecule has 0 bridgehead atoms. The number of aromatic nitrogens is 4. The molecule has 1 aromatic carbocycles. The van der Waals surface area contributed by atoms with Gasteiger partial charge in [0.05, 0.1) is 65.4 Å². The summed E-state index contributed by atoms with van der Waals surface area (Å²) in [6.07, 6.45) is -5.36. The number of ether oxygens (including phenoxy) is 6. The molecular weight excluding hydrogens is 879 g/mol. The Labute approximate surface area is 400 Å². The molecule has 18 atom stereocenters. The number of cyclic esters (lactones) is 1. The number of nitrogens with zero attached hydrogens (tertiary/aromatic N) is 5. The van der Waals surface area contributed by atoms with Crippen LogP contribution in [0.3, 0.4) is 0 Å². The number of methoxy groups -OCH3 is 1. The maximum atomic E-state index is 14.5. The Bertz CT molecular complexity index is 2150. The molecular formula is C50H77N5O13. The van der Waals surface area contributed by atoms with Gasteiger partial charge in [0, 0.05) is 61.7 Å². The van der Waals surface area contributed by atoms with Crippen LogP contribution in [0.4, 0.5) is 0 Å². The van der Waals surface area contributed by atoms with Gasteiger partial charge in [-0.25, -0.2) is 4.68 Å². The van der Waals surface area contributed by atoms with E-state index in [1.165, 1.54) is 21.0 Å². The van der Waals surface area contributed by atoms with Gasteiger partial charge in [0.1, 0.15) is 42.1 Å². The Morgan fingerprint density at radius 2 is 1.66 bits per heavy atom. The fourth-order valence-corrected chi connectivity index (χ4v) is 11.2. The van der Waals surface area contributed by atoms with Gasteiger partial charge in [-0.3, -0.25) is 19.5 Å². The molecule has 380 valence electrons. The van der Waals surface area contributed by atoms with Crippen molar-refractivity contribution in [2.24, 2.45) is 29.6 Å². The highest BCUT2D eigenvalue weighted by Crippen LogP contribution is 2.45. The van der Waals surface area contributed by atoms with Gasteiger partial charge in [-0.15, -0.1) is 5.10 Å². The molecule has 3 fully saturated rings. The van der Waals surface area contributed by atoms with Crippen molar-refractivity contribution < 1.29 is 63.5 Å². The molecule has 2 aromatic heterocycles. The van der Waals surface area contributed by atoms with Crippen LogP contribution in [0.1, 0.15) is 101 Å². The van der Waals surface area contributed by atoms with Crippen LogP contribution < -0.4 is 4.74 Å². The molecule has 3 aliphatic rings. The SMILES string of the molecule is CC[C@H]1OC(=O)[C@H](C)C([C@H]2C[C@@](C)(OC)[C@@H](O)[C@H](C)O2)[C@H](C)[C@@H](O[C@@H]2O[C@H](C)C[C@H](N(C)Cc3cn(CCOc4cccc5ncccc45)nn3)[C@H]2O)[C@](C)(O)C[C@@H](C)C(=O)[C@H](C)[C@@H](O)[C@]1(C)O. The fourth-order valence-electron chi connectivity index (χ4n) is 11.2. The summed E-state index contributed by atoms with van der Waals surface area (Å²) in [5.74, 6) is -4.93. The van der Waals surface area contributed by atoms with Gasteiger partial charge in [0.2, 0.25) is 0 Å². The Morgan fingerprint density at radius 1 is 0.941 bits per heavy atom. The van der Waals surface area contributed by atoms with E-state index in [9.17, 15) is 35.1 Å². The van der Waals surface area contributed by atoms with Crippen molar-refractivity contribution in [3.05, 3.63) is 48.4 Å². The van der Waals surface area contributed by atoms with Crippen molar-refractivity contribution in [1.82, 2.24) is 24.9 Å². The summed E-state index contributed by atoms with van der Waals surface area (Å²) in [4.78, 5) is 35.0. The zero-order valence-corrected chi connectivity index (χ0v) is 41.9. The number of hydrogen-bond donors (Lipinski definition) is 5. The summed E-state index contributed by atoms with van der Waals surface area (Å²) in [5.41, 5.74) is -3.43. The third kappa shape index (κ3) is 11.4. The van der Waals surface area contributed by atoms with E-state index in [0.29, 0.717) is 31.8 Å². The summed E-state index contributed by atoms with van der Waals surface area (Å²) in [5, 5.41) is 69.2. The molecule has 5 N–H and O–H groups in total. The van der Waals surface area contributed by atoms with Crippen LogP contribution >= 0.6 is 0 Å². The Morgan fingerprint density at radius 3 is 2.35 bits per heavy atom. The minimum atomic E-state index is -2.01. The molecule has 3 aliphatic heterocycles. The zero-order valence-electron chi connectivity index (χ0n) is 41.9. The highest BCUT2D eigenvalue weighted by molar-refractivity contribution is 5.85. The highest BCUT2D eigenvalue weighted by Gasteiger charge is 2.55. The minimum absolute atomic E-state index is 0.132. The van der Waals surface area contributed by atoms with E-state index in [1.54, 1.807) is 52.4 Å². The van der Waals surface area contributed by atoms with Crippen molar-refractivity contribution in [3.63, 3.8) is 0 Å². The van der Waals surface area contributed by atoms with Crippen molar-refractivity contribution in [2.45, 2.75) is 186 Å². The normalized spacial score (nSPS) is 40.2. The molecule has 3 aromatic rings. The standard InChI is InChI=1S/C50H77N5O13/c1-13-39-50(10,62)43(58)31(6)41(56)27(2)23-48(8,61)45(29(4)40(30(5)46(60)67-39)38-24-49(9,63-12)44(59)32(7)66-38)68-47-42(57)36(22-28(3)65-47)54(11)25-33-26-55(53-52-33)20-21-64-37-18-14-17-35-34(37)16-15-19-51-35/h14-19,26-32,36,38-40,42-45,47,57-59,61-62H,13,20-25H2,1-12H3/t27-,28-,29+,30-,31+,32+,36+,38-,39-,40?,42-,43-,44+,45-,47+,48-,49-,50-/m1/s1. The molecule has 0 saturated carbocycles. The Hall–Kier alpha value is -3.69. The number of ketones is 1. The van der Waals surface area contributed by atoms with E-state index < -0.39 is 119 Å². The van der Waals surface area contributed by atoms with Crippen molar-refractivity contribution >= 4 is 22.7 Å². The summed E-state index contributed by atoms with van der Waals surface area (Å²) in [7, 11) is 3.37. The molecule has 0 amide bonds. The van der Waals surface area contributed by atoms with Crippen LogP contribution in [0, 0.1) is 29.6 Å². The molecule has 5 heterocycles. The van der Waals surface area contributed by atoms with E-state index in [4.69, 9.17) is 28.4 Å². The minimum Gasteiger partial charge on any atom is -0.491 e. The summed E-state index contributed by atoms with van der Waals surface area (Å²) in [6.45, 7) is 17.8. The molecule has 1 unspecified atom stereocenters. The van der Waals surface area contributed by atoms with E-state index in [2.05, 4.69) is 15.3 Å². The highest BCUT2D eigenvalue weighted by atomic mass is 16.7. The Balaban J connectivity index is 1.28. The molecule has 18 heteroatoms. The second-order valence-electron chi connectivity index (χ2n) is 20.7. The lowest BCUT2D eigenvalue weighted by molar-refractivity contribution is -0.303. The topological polar surface area (TPSA) is 238 Å². The third-order valence-electron chi connectivity index (χ3n) is 15.3. The number of benzene rings is 1. The predicted octanol–water partition coefficient (Wildman–Crippen LogP) is 3.85. The van der Waals surface area contributed by atoms with E-state index in [1.807, 2.05) is 62.3 Å². The van der Waals surface area contributed by atoms with Gasteiger partial charge in [-0.05, 0) is 91.1 Å². The number of carbonyl (C=O) groups excluding carboxylic acids is 2. The molecule has 18 nitrogen and oxygen atoms in total. The zero-order chi connectivity index (χ0) is 50.0. The molecule has 3 saturated heterocycles. The number of esters is 1. The summed E-state index contributed by atoms with van der Waals surface area (Å²) < 4.78 is 39.6. The first-order valence-corrected chi connectivity index (χ1v) is 24.2. The van der Waals surface area contributed by atoms with Crippen molar-refractivity contribution in [3.8, 4) is 5.75 Å². The number of rotatable bonds is 12. The van der Waals surface area contributed by atoms with Crippen LogP contribution in [-0.4, -0.2) is 161 Å². The number of aliphatic hydroxyl groups is 5. The van der Waals surface area contributed by atoms with Crippen molar-refractivity contribution in [2.75, 3.05) is 20.8 Å². The predicted molar refractivity (Wildman–Crippen MR) is 250 cm³/mol. The largest absolute Gasteiger partial charge is 0.491 e. The number of hydrogen-bond acceptors (Lipinski definition) is 17. The maximum Gasteiger partial charge on any atom is 0.309 e. The monoisotopic (exact) mass is 956 g/mol. The number of pyridine rings is 1.